The fraction of sp³-hybridized carbons (Fsp3) is 0.550. The molecule has 152 valence electrons. The SMILES string of the molecule is CCNC(=NCCCc1c[nH]c2ccccc12)NCCCOCCOC.I. The number of aromatic nitrogens is 1. The van der Waals surface area contributed by atoms with Crippen molar-refractivity contribution in [2.45, 2.75) is 26.2 Å². The normalized spacial score (nSPS) is 11.4. The van der Waals surface area contributed by atoms with Crippen molar-refractivity contribution in [3.63, 3.8) is 0 Å². The van der Waals surface area contributed by atoms with Crippen LogP contribution in [-0.4, -0.2) is 57.5 Å². The van der Waals surface area contributed by atoms with Crippen LogP contribution in [-0.2, 0) is 15.9 Å². The Morgan fingerprint density at radius 1 is 1.11 bits per heavy atom. The number of aromatic amines is 1. The van der Waals surface area contributed by atoms with Gasteiger partial charge in [-0.3, -0.25) is 4.99 Å². The molecule has 1 aromatic carbocycles. The maximum absolute atomic E-state index is 5.46. The molecule has 3 N–H and O–H groups in total. The number of H-pyrrole nitrogens is 1. The maximum atomic E-state index is 5.46. The summed E-state index contributed by atoms with van der Waals surface area (Å²) in [7, 11) is 1.68. The van der Waals surface area contributed by atoms with E-state index in [4.69, 9.17) is 9.47 Å². The smallest absolute Gasteiger partial charge is 0.191 e. The quantitative estimate of drug-likeness (QED) is 0.186. The van der Waals surface area contributed by atoms with Crippen molar-refractivity contribution in [3.05, 3.63) is 36.0 Å². The molecule has 0 aliphatic rings. The predicted molar refractivity (Wildman–Crippen MR) is 123 cm³/mol. The van der Waals surface area contributed by atoms with E-state index in [1.165, 1.54) is 16.5 Å². The van der Waals surface area contributed by atoms with Gasteiger partial charge in [-0.2, -0.15) is 0 Å². The number of para-hydroxylation sites is 1. The number of aliphatic imine (C=N–C) groups is 1. The van der Waals surface area contributed by atoms with Gasteiger partial charge in [0.15, 0.2) is 5.96 Å². The van der Waals surface area contributed by atoms with E-state index < -0.39 is 0 Å². The van der Waals surface area contributed by atoms with Gasteiger partial charge in [0.2, 0.25) is 0 Å². The lowest BCUT2D eigenvalue weighted by molar-refractivity contribution is 0.0698. The molecule has 0 atom stereocenters. The van der Waals surface area contributed by atoms with Crippen LogP contribution in [0.2, 0.25) is 0 Å². The summed E-state index contributed by atoms with van der Waals surface area (Å²) in [6, 6.07) is 8.43. The predicted octanol–water partition coefficient (Wildman–Crippen LogP) is 3.33. The second-order valence-corrected chi connectivity index (χ2v) is 6.11. The van der Waals surface area contributed by atoms with E-state index in [-0.39, 0.29) is 24.0 Å². The van der Waals surface area contributed by atoms with Gasteiger partial charge in [-0.1, -0.05) is 18.2 Å². The molecule has 0 aliphatic carbocycles. The van der Waals surface area contributed by atoms with E-state index in [0.29, 0.717) is 13.2 Å². The van der Waals surface area contributed by atoms with Gasteiger partial charge in [-0.15, -0.1) is 24.0 Å². The molecule has 0 spiro atoms. The lowest BCUT2D eigenvalue weighted by Crippen LogP contribution is -2.38. The van der Waals surface area contributed by atoms with Gasteiger partial charge in [0.1, 0.15) is 0 Å². The van der Waals surface area contributed by atoms with Crippen LogP contribution in [0.25, 0.3) is 10.9 Å². The summed E-state index contributed by atoms with van der Waals surface area (Å²) in [5, 5.41) is 7.96. The summed E-state index contributed by atoms with van der Waals surface area (Å²) in [4.78, 5) is 7.99. The molecule has 0 radical (unpaired) electrons. The summed E-state index contributed by atoms with van der Waals surface area (Å²) in [5.41, 5.74) is 2.57. The largest absolute Gasteiger partial charge is 0.382 e. The van der Waals surface area contributed by atoms with Crippen LogP contribution in [0.4, 0.5) is 0 Å². The summed E-state index contributed by atoms with van der Waals surface area (Å²) in [6.45, 7) is 6.62. The molecule has 0 fully saturated rings. The first-order valence-corrected chi connectivity index (χ1v) is 9.49. The van der Waals surface area contributed by atoms with E-state index in [9.17, 15) is 0 Å². The van der Waals surface area contributed by atoms with Crippen molar-refractivity contribution < 1.29 is 9.47 Å². The third kappa shape index (κ3) is 8.94. The van der Waals surface area contributed by atoms with Gasteiger partial charge >= 0.3 is 0 Å². The lowest BCUT2D eigenvalue weighted by Gasteiger charge is -2.11. The molecule has 2 aromatic rings. The molecule has 7 heteroatoms. The number of guanidine groups is 1. The summed E-state index contributed by atoms with van der Waals surface area (Å²) < 4.78 is 10.4. The van der Waals surface area contributed by atoms with Crippen LogP contribution in [0, 0.1) is 0 Å². The molecule has 1 heterocycles. The number of methoxy groups -OCH3 is 1. The van der Waals surface area contributed by atoms with E-state index >= 15 is 0 Å². The zero-order valence-corrected chi connectivity index (χ0v) is 18.8. The number of hydrogen-bond donors (Lipinski definition) is 3. The van der Waals surface area contributed by atoms with Gasteiger partial charge in [-0.05, 0) is 37.8 Å². The molecule has 0 unspecified atom stereocenters. The van der Waals surface area contributed by atoms with Crippen molar-refractivity contribution in [1.82, 2.24) is 15.6 Å². The van der Waals surface area contributed by atoms with Crippen LogP contribution in [0.5, 0.6) is 0 Å². The average molecular weight is 488 g/mol. The Morgan fingerprint density at radius 3 is 2.78 bits per heavy atom. The number of halogens is 1. The van der Waals surface area contributed by atoms with Crippen LogP contribution >= 0.6 is 24.0 Å². The Kier molecular flexibility index (Phi) is 12.9. The molecular formula is C20H33IN4O2. The Balaban J connectivity index is 0.00000364. The van der Waals surface area contributed by atoms with Crippen molar-refractivity contribution in [2.24, 2.45) is 4.99 Å². The Morgan fingerprint density at radius 2 is 1.96 bits per heavy atom. The van der Waals surface area contributed by atoms with Crippen LogP contribution in [0.1, 0.15) is 25.3 Å². The van der Waals surface area contributed by atoms with Crippen molar-refractivity contribution in [1.29, 1.82) is 0 Å². The number of nitrogens with one attached hydrogen (secondary N) is 3. The Hall–Kier alpha value is -1.32. The van der Waals surface area contributed by atoms with Gasteiger partial charge in [0.05, 0.1) is 13.2 Å². The van der Waals surface area contributed by atoms with Crippen molar-refractivity contribution in [3.8, 4) is 0 Å². The zero-order chi connectivity index (χ0) is 18.5. The first-order valence-electron chi connectivity index (χ1n) is 9.49. The number of ether oxygens (including phenoxy) is 2. The van der Waals surface area contributed by atoms with Gasteiger partial charge in [-0.25, -0.2) is 0 Å². The van der Waals surface area contributed by atoms with E-state index in [1.54, 1.807) is 7.11 Å². The molecule has 1 aromatic heterocycles. The van der Waals surface area contributed by atoms with Crippen molar-refractivity contribution >= 4 is 40.8 Å². The number of fused-ring (bicyclic) bond motifs is 1. The highest BCUT2D eigenvalue weighted by Gasteiger charge is 2.02. The first kappa shape index (κ1) is 23.7. The second-order valence-electron chi connectivity index (χ2n) is 6.11. The molecule has 0 aliphatic heterocycles. The minimum absolute atomic E-state index is 0. The van der Waals surface area contributed by atoms with Crippen LogP contribution in [0.3, 0.4) is 0 Å². The molecule has 27 heavy (non-hydrogen) atoms. The van der Waals surface area contributed by atoms with Gasteiger partial charge in [0, 0.05) is 50.5 Å². The molecular weight excluding hydrogens is 455 g/mol. The van der Waals surface area contributed by atoms with Gasteiger partial charge in [0.25, 0.3) is 0 Å². The first-order chi connectivity index (χ1) is 12.8. The number of rotatable bonds is 12. The summed E-state index contributed by atoms with van der Waals surface area (Å²) in [5.74, 6) is 0.878. The highest BCUT2D eigenvalue weighted by atomic mass is 127. The maximum Gasteiger partial charge on any atom is 0.191 e. The zero-order valence-electron chi connectivity index (χ0n) is 16.4. The van der Waals surface area contributed by atoms with E-state index in [1.807, 2.05) is 0 Å². The number of aryl methyl sites for hydroxylation is 1. The minimum atomic E-state index is 0. The molecule has 0 bridgehead atoms. The van der Waals surface area contributed by atoms with Crippen LogP contribution < -0.4 is 10.6 Å². The summed E-state index contributed by atoms with van der Waals surface area (Å²) >= 11 is 0. The third-order valence-electron chi connectivity index (χ3n) is 4.08. The molecule has 0 amide bonds. The fourth-order valence-electron chi connectivity index (χ4n) is 2.77. The monoisotopic (exact) mass is 488 g/mol. The third-order valence-corrected chi connectivity index (χ3v) is 4.08. The van der Waals surface area contributed by atoms with E-state index in [0.717, 1.165) is 51.5 Å². The summed E-state index contributed by atoms with van der Waals surface area (Å²) in [6.07, 6.45) is 5.11. The van der Waals surface area contributed by atoms with Gasteiger partial charge < -0.3 is 25.1 Å². The topological polar surface area (TPSA) is 70.7 Å². The van der Waals surface area contributed by atoms with E-state index in [2.05, 4.69) is 58.0 Å². The Labute approximate surface area is 179 Å². The molecule has 6 nitrogen and oxygen atoms in total. The molecule has 2 rings (SSSR count). The van der Waals surface area contributed by atoms with Crippen LogP contribution in [0.15, 0.2) is 35.5 Å². The number of benzene rings is 1. The molecule has 0 saturated carbocycles. The highest BCUT2D eigenvalue weighted by molar-refractivity contribution is 14.0. The highest BCUT2D eigenvalue weighted by Crippen LogP contribution is 2.18. The lowest BCUT2D eigenvalue weighted by atomic mass is 10.1. The number of hydrogen-bond acceptors (Lipinski definition) is 3. The second kappa shape index (κ2) is 14.7. The average Bonchev–Trinajstić information content (AvgIpc) is 3.07. The molecule has 0 saturated heterocycles. The number of nitrogens with zero attached hydrogens (tertiary/aromatic N) is 1. The fourth-order valence-corrected chi connectivity index (χ4v) is 2.77. The minimum Gasteiger partial charge on any atom is -0.382 e. The van der Waals surface area contributed by atoms with Crippen molar-refractivity contribution in [2.75, 3.05) is 46.6 Å². The standard InChI is InChI=1S/C20H32N4O2.HI/c1-3-21-20(23-12-7-13-26-15-14-25-2)22-11-6-8-17-16-24-19-10-5-4-9-18(17)19;/h4-5,9-10,16,24H,3,6-8,11-15H2,1-2H3,(H2,21,22,23);1H. The Bertz CT molecular complexity index is 660.